The van der Waals surface area contributed by atoms with Crippen LogP contribution in [0.4, 0.5) is 0 Å². The van der Waals surface area contributed by atoms with Crippen molar-refractivity contribution in [2.45, 2.75) is 24.6 Å². The molecule has 7 nitrogen and oxygen atoms in total. The van der Waals surface area contributed by atoms with Crippen molar-refractivity contribution in [2.24, 2.45) is 0 Å². The highest BCUT2D eigenvalue weighted by atomic mass is 31.2. The maximum absolute atomic E-state index is 11.4. The fraction of sp³-hybridized carbons (Fsp3) is 1.00. The van der Waals surface area contributed by atoms with Crippen LogP contribution in [0, 0.1) is 0 Å². The number of aliphatic hydroxyl groups excluding tert-OH is 1. The van der Waals surface area contributed by atoms with Gasteiger partial charge in [-0.05, 0) is 6.42 Å². The van der Waals surface area contributed by atoms with E-state index < -0.39 is 26.1 Å². The Balaban J connectivity index is 2.32. The SMILES string of the molecule is [B]C1CC(OC)C(COP(=O)([O-])COCCO)O1. The minimum Gasteiger partial charge on any atom is -0.777 e. The average molecular weight is 279 g/mol. The van der Waals surface area contributed by atoms with Gasteiger partial charge in [0.1, 0.15) is 20.3 Å². The maximum Gasteiger partial charge on any atom is 0.160 e. The molecule has 1 heterocycles. The number of aliphatic hydroxyl groups is 1. The van der Waals surface area contributed by atoms with Gasteiger partial charge in [0.2, 0.25) is 0 Å². The molecule has 1 rings (SSSR count). The summed E-state index contributed by atoms with van der Waals surface area (Å²) in [5.74, 6) is 0. The molecule has 4 unspecified atom stereocenters. The predicted molar refractivity (Wildman–Crippen MR) is 61.3 cm³/mol. The molecular formula is C9H17BO7P-. The van der Waals surface area contributed by atoms with Gasteiger partial charge in [-0.15, -0.1) is 0 Å². The van der Waals surface area contributed by atoms with Gasteiger partial charge in [0.25, 0.3) is 0 Å². The molecule has 1 N–H and O–H groups in total. The Labute approximate surface area is 107 Å². The lowest BCUT2D eigenvalue weighted by Gasteiger charge is -2.26. The van der Waals surface area contributed by atoms with E-state index in [-0.39, 0.29) is 25.9 Å². The molecule has 0 aromatic rings. The first kappa shape index (κ1) is 16.1. The summed E-state index contributed by atoms with van der Waals surface area (Å²) < 4.78 is 31.3. The lowest BCUT2D eigenvalue weighted by atomic mass is 9.96. The van der Waals surface area contributed by atoms with Crippen molar-refractivity contribution in [2.75, 3.05) is 33.3 Å². The van der Waals surface area contributed by atoms with E-state index >= 15 is 0 Å². The second-order valence-electron chi connectivity index (χ2n) is 3.89. The summed E-state index contributed by atoms with van der Waals surface area (Å²) in [5.41, 5.74) is 0. The molecule has 1 saturated heterocycles. The smallest absolute Gasteiger partial charge is 0.160 e. The molecule has 0 saturated carbocycles. The summed E-state index contributed by atoms with van der Waals surface area (Å²) in [7, 11) is 2.98. The molecule has 9 heteroatoms. The van der Waals surface area contributed by atoms with Crippen LogP contribution in [0.3, 0.4) is 0 Å². The molecular weight excluding hydrogens is 262 g/mol. The van der Waals surface area contributed by atoms with Crippen LogP contribution in [0.15, 0.2) is 0 Å². The molecule has 0 aliphatic carbocycles. The Morgan fingerprint density at radius 3 is 2.94 bits per heavy atom. The molecule has 0 aromatic carbocycles. The zero-order chi connectivity index (χ0) is 13.6. The van der Waals surface area contributed by atoms with Crippen LogP contribution in [-0.2, 0) is 23.3 Å². The average Bonchev–Trinajstić information content (AvgIpc) is 2.67. The zero-order valence-corrected chi connectivity index (χ0v) is 11.1. The molecule has 0 spiro atoms. The molecule has 4 atom stereocenters. The first-order valence-corrected chi connectivity index (χ1v) is 7.28. The first-order valence-electron chi connectivity index (χ1n) is 5.55. The fourth-order valence-electron chi connectivity index (χ4n) is 1.61. The molecule has 0 bridgehead atoms. The summed E-state index contributed by atoms with van der Waals surface area (Å²) in [6, 6.07) is -0.472. The van der Waals surface area contributed by atoms with E-state index in [1.807, 2.05) is 0 Å². The van der Waals surface area contributed by atoms with E-state index in [4.69, 9.17) is 27.0 Å². The quantitative estimate of drug-likeness (QED) is 0.339. The third-order valence-corrected chi connectivity index (χ3v) is 3.49. The minimum atomic E-state index is -4.09. The van der Waals surface area contributed by atoms with Gasteiger partial charge in [-0.1, -0.05) is 0 Å². The maximum atomic E-state index is 11.4. The van der Waals surface area contributed by atoms with E-state index in [1.54, 1.807) is 0 Å². The highest BCUT2D eigenvalue weighted by molar-refractivity contribution is 7.51. The van der Waals surface area contributed by atoms with Crippen molar-refractivity contribution in [3.63, 3.8) is 0 Å². The predicted octanol–water partition coefficient (Wildman–Crippen LogP) is -1.18. The number of methoxy groups -OCH3 is 1. The molecule has 1 fully saturated rings. The van der Waals surface area contributed by atoms with Gasteiger partial charge in [-0.3, -0.25) is 0 Å². The monoisotopic (exact) mass is 279 g/mol. The molecule has 0 aromatic heterocycles. The van der Waals surface area contributed by atoms with E-state index in [9.17, 15) is 9.46 Å². The van der Waals surface area contributed by atoms with Crippen LogP contribution in [0.5, 0.6) is 0 Å². The molecule has 0 amide bonds. The van der Waals surface area contributed by atoms with Crippen LogP contribution >= 0.6 is 7.60 Å². The van der Waals surface area contributed by atoms with E-state index in [0.29, 0.717) is 6.42 Å². The third kappa shape index (κ3) is 5.36. The van der Waals surface area contributed by atoms with Crippen molar-refractivity contribution >= 4 is 15.4 Å². The Morgan fingerprint density at radius 2 is 2.33 bits per heavy atom. The zero-order valence-electron chi connectivity index (χ0n) is 10.2. The van der Waals surface area contributed by atoms with E-state index in [2.05, 4.69) is 4.74 Å². The lowest BCUT2D eigenvalue weighted by Crippen LogP contribution is -2.29. The largest absolute Gasteiger partial charge is 0.777 e. The summed E-state index contributed by atoms with van der Waals surface area (Å²) in [5, 5.41) is 8.45. The highest BCUT2D eigenvalue weighted by Gasteiger charge is 2.33. The van der Waals surface area contributed by atoms with Gasteiger partial charge >= 0.3 is 0 Å². The standard InChI is InChI=1S/C9H18BO7P/c1-14-7-4-9(10)17-8(7)5-16-18(12,13)6-15-3-2-11/h7-9,11H,2-6H2,1H3,(H,12,13)/p-1. The normalized spacial score (nSPS) is 31.4. The van der Waals surface area contributed by atoms with Crippen LogP contribution in [0.1, 0.15) is 6.42 Å². The van der Waals surface area contributed by atoms with Crippen LogP contribution in [0.2, 0.25) is 0 Å². The third-order valence-electron chi connectivity index (χ3n) is 2.45. The van der Waals surface area contributed by atoms with Gasteiger partial charge in [0.05, 0.1) is 25.9 Å². The van der Waals surface area contributed by atoms with E-state index in [1.165, 1.54) is 7.11 Å². The summed E-state index contributed by atoms with van der Waals surface area (Å²) in [6.07, 6.45) is -0.873. The van der Waals surface area contributed by atoms with Crippen molar-refractivity contribution in [1.82, 2.24) is 0 Å². The second kappa shape index (κ2) is 7.60. The molecule has 18 heavy (non-hydrogen) atoms. The van der Waals surface area contributed by atoms with Crippen LogP contribution < -0.4 is 4.89 Å². The summed E-state index contributed by atoms with van der Waals surface area (Å²) in [6.45, 7) is -0.455. The van der Waals surface area contributed by atoms with Crippen molar-refractivity contribution in [3.05, 3.63) is 0 Å². The van der Waals surface area contributed by atoms with Gasteiger partial charge < -0.3 is 33.3 Å². The van der Waals surface area contributed by atoms with Crippen LogP contribution in [-0.4, -0.2) is 64.4 Å². The molecule has 104 valence electrons. The van der Waals surface area contributed by atoms with Crippen molar-refractivity contribution in [1.29, 1.82) is 0 Å². The second-order valence-corrected chi connectivity index (χ2v) is 5.63. The number of hydrogen-bond acceptors (Lipinski definition) is 7. The molecule has 2 radical (unpaired) electrons. The van der Waals surface area contributed by atoms with Gasteiger partial charge in [0.15, 0.2) is 7.60 Å². The number of rotatable bonds is 8. The fourth-order valence-corrected chi connectivity index (χ4v) is 2.41. The van der Waals surface area contributed by atoms with Crippen molar-refractivity contribution < 1.29 is 33.3 Å². The lowest BCUT2D eigenvalue weighted by molar-refractivity contribution is -0.206. The van der Waals surface area contributed by atoms with Gasteiger partial charge in [-0.2, -0.15) is 0 Å². The topological polar surface area (TPSA) is 97.3 Å². The Kier molecular flexibility index (Phi) is 6.80. The Hall–Kier alpha value is 0.0549. The van der Waals surface area contributed by atoms with Crippen molar-refractivity contribution in [3.8, 4) is 0 Å². The Bertz CT molecular complexity index is 290. The first-order chi connectivity index (χ1) is 8.48. The van der Waals surface area contributed by atoms with Gasteiger partial charge in [0, 0.05) is 13.1 Å². The summed E-state index contributed by atoms with van der Waals surface area (Å²) in [4.78, 5) is 11.4. The highest BCUT2D eigenvalue weighted by Crippen LogP contribution is 2.37. The van der Waals surface area contributed by atoms with Crippen LogP contribution in [0.25, 0.3) is 0 Å². The number of hydrogen-bond donors (Lipinski definition) is 1. The van der Waals surface area contributed by atoms with E-state index in [0.717, 1.165) is 0 Å². The summed E-state index contributed by atoms with van der Waals surface area (Å²) >= 11 is 0. The molecule has 1 aliphatic heterocycles. The van der Waals surface area contributed by atoms with Gasteiger partial charge in [-0.25, -0.2) is 0 Å². The Morgan fingerprint density at radius 1 is 1.61 bits per heavy atom. The molecule has 1 aliphatic rings. The number of ether oxygens (including phenoxy) is 3. The minimum absolute atomic E-state index is 0.0545.